The van der Waals surface area contributed by atoms with Gasteiger partial charge in [-0.05, 0) is 62.1 Å². The maximum atomic E-state index is 14.0. The van der Waals surface area contributed by atoms with Gasteiger partial charge in [-0.1, -0.05) is 47.8 Å². The lowest BCUT2D eigenvalue weighted by Gasteiger charge is -2.29. The normalized spacial score (nSPS) is 19.0. The summed E-state index contributed by atoms with van der Waals surface area (Å²) in [6.45, 7) is 1.65. The number of halogens is 2. The van der Waals surface area contributed by atoms with Crippen molar-refractivity contribution in [2.45, 2.75) is 73.0 Å². The topological polar surface area (TPSA) is 181 Å². The molecule has 268 valence electrons. The SMILES string of the molecule is CCOC(=O)[C@@H](Cc1ccc(NC(=O)c2c(Cl)cncc2Cl)cc1)NC(=O)[C@@H]1C[C@@H](NC2CCC2)CN1S(=O)(=O)c1cccc(S(C)(=O)=O)c1. The van der Waals surface area contributed by atoms with Crippen LogP contribution in [0.5, 0.6) is 0 Å². The summed E-state index contributed by atoms with van der Waals surface area (Å²) in [5.41, 5.74) is 1.09. The highest BCUT2D eigenvalue weighted by atomic mass is 35.5. The molecule has 5 rings (SSSR count). The number of sulfonamides is 1. The van der Waals surface area contributed by atoms with E-state index in [0.717, 1.165) is 35.9 Å². The van der Waals surface area contributed by atoms with Crippen molar-refractivity contribution < 1.29 is 36.0 Å². The minimum Gasteiger partial charge on any atom is -0.464 e. The van der Waals surface area contributed by atoms with Crippen LogP contribution in [0.25, 0.3) is 0 Å². The minimum absolute atomic E-state index is 0.000435. The number of esters is 1. The van der Waals surface area contributed by atoms with Crippen LogP contribution < -0.4 is 16.0 Å². The van der Waals surface area contributed by atoms with E-state index in [2.05, 4.69) is 20.9 Å². The van der Waals surface area contributed by atoms with Crippen LogP contribution in [0.3, 0.4) is 0 Å². The summed E-state index contributed by atoms with van der Waals surface area (Å²) in [5, 5.41) is 9.03. The molecule has 3 atom stereocenters. The van der Waals surface area contributed by atoms with Gasteiger partial charge in [-0.15, -0.1) is 0 Å². The summed E-state index contributed by atoms with van der Waals surface area (Å²) in [4.78, 5) is 43.2. The summed E-state index contributed by atoms with van der Waals surface area (Å²) in [6.07, 6.45) is 6.66. The Labute approximate surface area is 301 Å². The Hall–Kier alpha value is -3.60. The molecule has 2 fully saturated rings. The first kappa shape index (κ1) is 37.7. The van der Waals surface area contributed by atoms with E-state index < -0.39 is 49.7 Å². The zero-order valence-electron chi connectivity index (χ0n) is 27.3. The third-order valence-corrected chi connectivity index (χ3v) is 12.1. The van der Waals surface area contributed by atoms with E-state index in [0.29, 0.717) is 11.3 Å². The van der Waals surface area contributed by atoms with Gasteiger partial charge in [0, 0.05) is 49.4 Å². The smallest absolute Gasteiger partial charge is 0.328 e. The predicted octanol–water partition coefficient (Wildman–Crippen LogP) is 3.61. The first-order valence-corrected chi connectivity index (χ1v) is 20.0. The Balaban J connectivity index is 1.35. The van der Waals surface area contributed by atoms with E-state index >= 15 is 0 Å². The van der Waals surface area contributed by atoms with Crippen molar-refractivity contribution in [3.63, 3.8) is 0 Å². The number of nitrogens with zero attached hydrogens (tertiary/aromatic N) is 2. The molecule has 50 heavy (non-hydrogen) atoms. The number of aromatic nitrogens is 1. The number of rotatable bonds is 13. The fourth-order valence-corrected chi connectivity index (χ4v) is 8.79. The zero-order valence-corrected chi connectivity index (χ0v) is 30.4. The Morgan fingerprint density at radius 1 is 0.980 bits per heavy atom. The Kier molecular flexibility index (Phi) is 11.9. The number of hydrogen-bond acceptors (Lipinski definition) is 10. The molecule has 17 heteroatoms. The number of benzene rings is 2. The number of pyridine rings is 1. The van der Waals surface area contributed by atoms with E-state index in [9.17, 15) is 31.2 Å². The monoisotopic (exact) mass is 765 g/mol. The molecule has 0 spiro atoms. The Morgan fingerprint density at radius 2 is 1.64 bits per heavy atom. The molecule has 0 bridgehead atoms. The van der Waals surface area contributed by atoms with Crippen molar-refractivity contribution in [1.29, 1.82) is 0 Å². The number of nitrogens with one attached hydrogen (secondary N) is 3. The fourth-order valence-electron chi connectivity index (χ4n) is 5.82. The van der Waals surface area contributed by atoms with Gasteiger partial charge >= 0.3 is 5.97 Å². The van der Waals surface area contributed by atoms with Crippen molar-refractivity contribution in [2.75, 3.05) is 24.7 Å². The van der Waals surface area contributed by atoms with Crippen LogP contribution >= 0.6 is 23.2 Å². The highest BCUT2D eigenvalue weighted by molar-refractivity contribution is 7.91. The molecule has 2 aliphatic rings. The van der Waals surface area contributed by atoms with E-state index in [1.165, 1.54) is 30.6 Å². The second-order valence-electron chi connectivity index (χ2n) is 12.2. The van der Waals surface area contributed by atoms with Crippen LogP contribution in [-0.2, 0) is 40.6 Å². The standard InChI is InChI=1S/C33H37Cl2N5O8S2/c1-3-48-33(43)28(14-20-10-12-22(13-11-20)38-32(42)30-26(34)17-36-18-27(30)35)39-31(41)29-15-23(37-21-6-4-7-21)19-40(29)50(46,47)25-9-5-8-24(16-25)49(2,44)45/h5,8-13,16-18,21,23,28-29,37H,3-4,6-7,14-15,19H2,1-2H3,(H,38,42)(H,39,41)/t23-,28-,29+/m1/s1. The lowest BCUT2D eigenvalue weighted by Crippen LogP contribution is -2.51. The van der Waals surface area contributed by atoms with Crippen LogP contribution in [0.1, 0.15) is 48.5 Å². The van der Waals surface area contributed by atoms with Crippen molar-refractivity contribution in [2.24, 2.45) is 0 Å². The Morgan fingerprint density at radius 3 is 2.24 bits per heavy atom. The number of amides is 2. The number of anilines is 1. The summed E-state index contributed by atoms with van der Waals surface area (Å²) in [6, 6.07) is 9.04. The molecule has 2 aromatic carbocycles. The summed E-state index contributed by atoms with van der Waals surface area (Å²) < 4.78 is 58.7. The van der Waals surface area contributed by atoms with Crippen LogP contribution in [-0.4, -0.2) is 87.5 Å². The maximum Gasteiger partial charge on any atom is 0.328 e. The molecule has 2 heterocycles. The van der Waals surface area contributed by atoms with Crippen LogP contribution in [0.15, 0.2) is 70.7 Å². The molecule has 0 radical (unpaired) electrons. The van der Waals surface area contributed by atoms with Crippen LogP contribution in [0.4, 0.5) is 5.69 Å². The van der Waals surface area contributed by atoms with Crippen molar-refractivity contribution in [3.8, 4) is 0 Å². The van der Waals surface area contributed by atoms with Gasteiger partial charge in [0.05, 0.1) is 32.0 Å². The number of carbonyl (C=O) groups is 3. The molecule has 3 N–H and O–H groups in total. The summed E-state index contributed by atoms with van der Waals surface area (Å²) in [5.74, 6) is -1.95. The highest BCUT2D eigenvalue weighted by Crippen LogP contribution is 2.30. The van der Waals surface area contributed by atoms with E-state index in [1.54, 1.807) is 31.2 Å². The van der Waals surface area contributed by atoms with Gasteiger partial charge in [0.1, 0.15) is 12.1 Å². The van der Waals surface area contributed by atoms with Crippen LogP contribution in [0, 0.1) is 0 Å². The first-order chi connectivity index (χ1) is 23.7. The molecule has 1 aliphatic carbocycles. The molecule has 2 amide bonds. The Bertz CT molecular complexity index is 1960. The van der Waals surface area contributed by atoms with Crippen molar-refractivity contribution in [1.82, 2.24) is 19.9 Å². The molecule has 3 aromatic rings. The van der Waals surface area contributed by atoms with Crippen molar-refractivity contribution >= 4 is 66.5 Å². The number of sulfone groups is 1. The number of carbonyl (C=O) groups excluding carboxylic acids is 3. The van der Waals surface area contributed by atoms with Gasteiger partial charge in [-0.2, -0.15) is 4.31 Å². The van der Waals surface area contributed by atoms with Crippen LogP contribution in [0.2, 0.25) is 10.0 Å². The minimum atomic E-state index is -4.34. The molecule has 1 aliphatic heterocycles. The van der Waals surface area contributed by atoms with Gasteiger partial charge in [-0.3, -0.25) is 14.6 Å². The fraction of sp³-hybridized carbons (Fsp3) is 0.394. The maximum absolute atomic E-state index is 14.0. The van der Waals surface area contributed by atoms with Gasteiger partial charge in [-0.25, -0.2) is 21.6 Å². The van der Waals surface area contributed by atoms with Gasteiger partial charge in [0.15, 0.2) is 9.84 Å². The second-order valence-corrected chi connectivity index (χ2v) is 16.9. The number of ether oxygens (including phenoxy) is 1. The van der Waals surface area contributed by atoms with Crippen molar-refractivity contribution in [3.05, 3.63) is 82.1 Å². The predicted molar refractivity (Wildman–Crippen MR) is 187 cm³/mol. The third-order valence-electron chi connectivity index (χ3n) is 8.59. The quantitative estimate of drug-likeness (QED) is 0.218. The molecular weight excluding hydrogens is 729 g/mol. The average Bonchev–Trinajstić information content (AvgIpc) is 3.48. The average molecular weight is 767 g/mol. The molecule has 13 nitrogen and oxygen atoms in total. The van der Waals surface area contributed by atoms with E-state index in [-0.39, 0.29) is 63.5 Å². The molecule has 1 saturated carbocycles. The molecule has 1 saturated heterocycles. The van der Waals surface area contributed by atoms with Gasteiger partial charge in [0.2, 0.25) is 15.9 Å². The molecule has 0 unspecified atom stereocenters. The molecule has 1 aromatic heterocycles. The van der Waals surface area contributed by atoms with E-state index in [4.69, 9.17) is 27.9 Å². The first-order valence-electron chi connectivity index (χ1n) is 15.9. The van der Waals surface area contributed by atoms with Gasteiger partial charge in [0.25, 0.3) is 5.91 Å². The molecular formula is C33H37Cl2N5O8S2. The third kappa shape index (κ3) is 8.82. The second kappa shape index (κ2) is 15.7. The lowest BCUT2D eigenvalue weighted by molar-refractivity contribution is -0.147. The number of hydrogen-bond donors (Lipinski definition) is 3. The largest absolute Gasteiger partial charge is 0.464 e. The zero-order chi connectivity index (χ0) is 36.2. The summed E-state index contributed by atoms with van der Waals surface area (Å²) >= 11 is 12.2. The lowest BCUT2D eigenvalue weighted by atomic mass is 9.92. The van der Waals surface area contributed by atoms with Gasteiger partial charge < -0.3 is 20.7 Å². The summed E-state index contributed by atoms with van der Waals surface area (Å²) in [7, 11) is -8.05. The highest BCUT2D eigenvalue weighted by Gasteiger charge is 2.45. The van der Waals surface area contributed by atoms with E-state index in [1.807, 2.05) is 0 Å².